The molecule has 1 aromatic carbocycles. The molecular weight excluding hydrogens is 404 g/mol. The number of anilines is 3. The molecule has 1 aliphatic rings. The number of nitrogens with zero attached hydrogens (tertiary/aromatic N) is 3. The molecule has 0 bridgehead atoms. The molecule has 1 aromatic heterocycles. The van der Waals surface area contributed by atoms with E-state index in [4.69, 9.17) is 9.47 Å². The molecule has 7 heteroatoms. The highest BCUT2D eigenvalue weighted by Gasteiger charge is 2.24. The molecule has 1 unspecified atom stereocenters. The molecule has 1 fully saturated rings. The standard InChI is InChI=1S/C25H38N4O3/c1-5-19(14-18(4)30)20-8-9-24(29(6-2)22-10-12-31-13-11-22)23(15-20)28-21-16-26-25(27-17-21)32-7-3/h8-9,15-19,22,28,30H,5-7,10-14H2,1-4H3/t18?,19-/m1/s1. The first-order valence-electron chi connectivity index (χ1n) is 11.9. The molecule has 0 radical (unpaired) electrons. The van der Waals surface area contributed by atoms with E-state index in [9.17, 15) is 5.11 Å². The van der Waals surface area contributed by atoms with Crippen molar-refractivity contribution >= 4 is 17.1 Å². The molecular formula is C25H38N4O3. The fraction of sp³-hybridized carbons (Fsp3) is 0.600. The van der Waals surface area contributed by atoms with Crippen LogP contribution < -0.4 is 15.0 Å². The lowest BCUT2D eigenvalue weighted by molar-refractivity contribution is 0.0846. The van der Waals surface area contributed by atoms with Gasteiger partial charge in [0.1, 0.15) is 0 Å². The lowest BCUT2D eigenvalue weighted by Gasteiger charge is -2.37. The van der Waals surface area contributed by atoms with E-state index >= 15 is 0 Å². The van der Waals surface area contributed by atoms with Gasteiger partial charge < -0.3 is 24.8 Å². The highest BCUT2D eigenvalue weighted by molar-refractivity contribution is 5.76. The van der Waals surface area contributed by atoms with Crippen molar-refractivity contribution < 1.29 is 14.6 Å². The van der Waals surface area contributed by atoms with E-state index in [0.29, 0.717) is 24.6 Å². The van der Waals surface area contributed by atoms with E-state index in [-0.39, 0.29) is 6.10 Å². The largest absolute Gasteiger partial charge is 0.464 e. The van der Waals surface area contributed by atoms with Crippen molar-refractivity contribution in [2.24, 2.45) is 0 Å². The maximum atomic E-state index is 9.98. The summed E-state index contributed by atoms with van der Waals surface area (Å²) in [5.74, 6) is 0.305. The fourth-order valence-electron chi connectivity index (χ4n) is 4.47. The van der Waals surface area contributed by atoms with Gasteiger partial charge in [-0.05, 0) is 70.1 Å². The molecule has 2 atom stereocenters. The Kier molecular flexibility index (Phi) is 9.11. The molecule has 3 rings (SSSR count). The number of rotatable bonds is 11. The summed E-state index contributed by atoms with van der Waals surface area (Å²) in [6, 6.07) is 7.50. The molecule has 0 saturated carbocycles. The molecule has 176 valence electrons. The smallest absolute Gasteiger partial charge is 0.316 e. The highest BCUT2D eigenvalue weighted by atomic mass is 16.5. The number of hydrogen-bond acceptors (Lipinski definition) is 7. The molecule has 7 nitrogen and oxygen atoms in total. The minimum absolute atomic E-state index is 0.305. The van der Waals surface area contributed by atoms with Crippen molar-refractivity contribution in [2.45, 2.75) is 71.4 Å². The first-order valence-corrected chi connectivity index (χ1v) is 11.9. The molecule has 0 aliphatic carbocycles. The van der Waals surface area contributed by atoms with Crippen LogP contribution in [0.15, 0.2) is 30.6 Å². The maximum absolute atomic E-state index is 9.98. The van der Waals surface area contributed by atoms with Gasteiger partial charge in [-0.2, -0.15) is 0 Å². The Morgan fingerprint density at radius 1 is 1.19 bits per heavy atom. The summed E-state index contributed by atoms with van der Waals surface area (Å²) >= 11 is 0. The Morgan fingerprint density at radius 2 is 1.91 bits per heavy atom. The first-order chi connectivity index (χ1) is 15.5. The molecule has 2 aromatic rings. The maximum Gasteiger partial charge on any atom is 0.316 e. The van der Waals surface area contributed by atoms with E-state index in [2.05, 4.69) is 52.2 Å². The Labute approximate surface area is 192 Å². The molecule has 2 heterocycles. The molecule has 32 heavy (non-hydrogen) atoms. The summed E-state index contributed by atoms with van der Waals surface area (Å²) in [6.07, 6.45) is 6.97. The van der Waals surface area contributed by atoms with E-state index in [0.717, 1.165) is 56.8 Å². The lowest BCUT2D eigenvalue weighted by atomic mass is 9.90. The van der Waals surface area contributed by atoms with Gasteiger partial charge in [0.05, 0.1) is 42.2 Å². The number of aliphatic hydroxyl groups excluding tert-OH is 1. The molecule has 0 amide bonds. The number of nitrogens with one attached hydrogen (secondary N) is 1. The molecule has 0 spiro atoms. The van der Waals surface area contributed by atoms with Gasteiger partial charge in [0, 0.05) is 25.8 Å². The van der Waals surface area contributed by atoms with Gasteiger partial charge in [0.2, 0.25) is 0 Å². The predicted octanol–water partition coefficient (Wildman–Crippen LogP) is 4.89. The number of hydrogen-bond donors (Lipinski definition) is 2. The monoisotopic (exact) mass is 442 g/mol. The summed E-state index contributed by atoms with van der Waals surface area (Å²) in [4.78, 5) is 11.1. The SMILES string of the molecule is CCOc1ncc(Nc2cc([C@H](CC)CC(C)O)ccc2N(CC)C2CCOCC2)cn1. The lowest BCUT2D eigenvalue weighted by Crippen LogP contribution is -2.39. The van der Waals surface area contributed by atoms with E-state index < -0.39 is 0 Å². The van der Waals surface area contributed by atoms with Crippen molar-refractivity contribution in [2.75, 3.05) is 36.6 Å². The quantitative estimate of drug-likeness (QED) is 0.513. The number of benzene rings is 1. The van der Waals surface area contributed by atoms with Crippen LogP contribution in [0.2, 0.25) is 0 Å². The third-order valence-corrected chi connectivity index (χ3v) is 6.07. The first kappa shape index (κ1) is 24.3. The van der Waals surface area contributed by atoms with Crippen LogP contribution in [0.4, 0.5) is 17.1 Å². The van der Waals surface area contributed by atoms with Crippen LogP contribution in [0.25, 0.3) is 0 Å². The van der Waals surface area contributed by atoms with Crippen LogP contribution in [-0.4, -0.2) is 53.6 Å². The van der Waals surface area contributed by atoms with Crippen LogP contribution in [0.1, 0.15) is 64.9 Å². The van der Waals surface area contributed by atoms with E-state index in [1.807, 2.05) is 13.8 Å². The third-order valence-electron chi connectivity index (χ3n) is 6.07. The van der Waals surface area contributed by atoms with Crippen LogP contribution in [0, 0.1) is 0 Å². The summed E-state index contributed by atoms with van der Waals surface area (Å²) in [6.45, 7) is 11.2. The van der Waals surface area contributed by atoms with Crippen LogP contribution >= 0.6 is 0 Å². The van der Waals surface area contributed by atoms with Gasteiger partial charge in [0.25, 0.3) is 0 Å². The highest BCUT2D eigenvalue weighted by Crippen LogP contribution is 2.36. The average molecular weight is 443 g/mol. The normalized spacial score (nSPS) is 16.4. The van der Waals surface area contributed by atoms with Gasteiger partial charge >= 0.3 is 6.01 Å². The second-order valence-corrected chi connectivity index (χ2v) is 8.41. The minimum Gasteiger partial charge on any atom is -0.464 e. The average Bonchev–Trinajstić information content (AvgIpc) is 2.81. The minimum atomic E-state index is -0.329. The molecule has 1 aliphatic heterocycles. The second-order valence-electron chi connectivity index (χ2n) is 8.41. The number of aromatic nitrogens is 2. The predicted molar refractivity (Wildman–Crippen MR) is 129 cm³/mol. The van der Waals surface area contributed by atoms with Crippen LogP contribution in [0.5, 0.6) is 6.01 Å². The summed E-state index contributed by atoms with van der Waals surface area (Å²) in [5, 5.41) is 13.5. The van der Waals surface area contributed by atoms with E-state index in [1.54, 1.807) is 12.4 Å². The van der Waals surface area contributed by atoms with Crippen molar-refractivity contribution in [1.29, 1.82) is 0 Å². The van der Waals surface area contributed by atoms with Crippen molar-refractivity contribution in [3.8, 4) is 6.01 Å². The van der Waals surface area contributed by atoms with Gasteiger partial charge in [-0.15, -0.1) is 0 Å². The van der Waals surface area contributed by atoms with Gasteiger partial charge in [-0.1, -0.05) is 13.0 Å². The zero-order valence-electron chi connectivity index (χ0n) is 19.9. The number of aliphatic hydroxyl groups is 1. The Balaban J connectivity index is 1.95. The topological polar surface area (TPSA) is 79.7 Å². The van der Waals surface area contributed by atoms with Crippen molar-refractivity contribution in [3.05, 3.63) is 36.2 Å². The zero-order valence-corrected chi connectivity index (χ0v) is 19.9. The van der Waals surface area contributed by atoms with Gasteiger partial charge in [-0.25, -0.2) is 9.97 Å². The van der Waals surface area contributed by atoms with Crippen LogP contribution in [0.3, 0.4) is 0 Å². The van der Waals surface area contributed by atoms with Gasteiger partial charge in [0.15, 0.2) is 0 Å². The van der Waals surface area contributed by atoms with Crippen molar-refractivity contribution in [3.63, 3.8) is 0 Å². The third kappa shape index (κ3) is 6.33. The Hall–Kier alpha value is -2.38. The Morgan fingerprint density at radius 3 is 2.50 bits per heavy atom. The summed E-state index contributed by atoms with van der Waals surface area (Å²) in [7, 11) is 0. The summed E-state index contributed by atoms with van der Waals surface area (Å²) in [5.41, 5.74) is 4.25. The summed E-state index contributed by atoms with van der Waals surface area (Å²) < 4.78 is 11.0. The number of ether oxygens (including phenoxy) is 2. The van der Waals surface area contributed by atoms with E-state index in [1.165, 1.54) is 11.3 Å². The second kappa shape index (κ2) is 12.0. The fourth-order valence-corrected chi connectivity index (χ4v) is 4.47. The van der Waals surface area contributed by atoms with Crippen LogP contribution in [-0.2, 0) is 4.74 Å². The van der Waals surface area contributed by atoms with Crippen molar-refractivity contribution in [1.82, 2.24) is 9.97 Å². The molecule has 2 N–H and O–H groups in total. The molecule has 1 saturated heterocycles. The van der Waals surface area contributed by atoms with Gasteiger partial charge in [-0.3, -0.25) is 0 Å². The Bertz CT molecular complexity index is 822. The zero-order chi connectivity index (χ0) is 22.9.